The van der Waals surface area contributed by atoms with Gasteiger partial charge in [-0.3, -0.25) is 0 Å². The van der Waals surface area contributed by atoms with Crippen molar-refractivity contribution in [3.63, 3.8) is 0 Å². The highest BCUT2D eigenvalue weighted by atomic mass is 19.1. The molecule has 4 nitrogen and oxygen atoms in total. The molecule has 0 amide bonds. The Bertz CT molecular complexity index is 552. The molecule has 1 heterocycles. The summed E-state index contributed by atoms with van der Waals surface area (Å²) >= 11 is 0. The Kier molecular flexibility index (Phi) is 4.16. The van der Waals surface area contributed by atoms with Gasteiger partial charge >= 0.3 is 0 Å². The van der Waals surface area contributed by atoms with Crippen LogP contribution in [0.25, 0.3) is 0 Å². The summed E-state index contributed by atoms with van der Waals surface area (Å²) in [6.07, 6.45) is 2.73. The third-order valence-corrected chi connectivity index (χ3v) is 2.94. The van der Waals surface area contributed by atoms with Crippen molar-refractivity contribution in [2.75, 3.05) is 0 Å². The largest absolute Gasteiger partial charge is 0.487 e. The first-order valence-electron chi connectivity index (χ1n) is 6.21. The molecule has 19 heavy (non-hydrogen) atoms. The van der Waals surface area contributed by atoms with Crippen LogP contribution in [-0.2, 0) is 13.2 Å². The van der Waals surface area contributed by atoms with Crippen molar-refractivity contribution in [3.05, 3.63) is 47.8 Å². The van der Waals surface area contributed by atoms with Crippen molar-refractivity contribution < 1.29 is 14.2 Å². The normalized spacial score (nSPS) is 12.4. The van der Waals surface area contributed by atoms with Crippen molar-refractivity contribution in [2.24, 2.45) is 0 Å². The second-order valence-electron chi connectivity index (χ2n) is 4.32. The molecule has 0 saturated heterocycles. The van der Waals surface area contributed by atoms with Crippen molar-refractivity contribution in [1.29, 1.82) is 0 Å². The number of nitrogens with zero attached hydrogens (tertiary/aromatic N) is 2. The Morgan fingerprint density at radius 2 is 2.26 bits per heavy atom. The van der Waals surface area contributed by atoms with Crippen LogP contribution in [0.2, 0.25) is 0 Å². The number of imidazole rings is 1. The van der Waals surface area contributed by atoms with Crippen molar-refractivity contribution in [2.45, 2.75) is 33.1 Å². The van der Waals surface area contributed by atoms with Crippen LogP contribution in [0.3, 0.4) is 0 Å². The van der Waals surface area contributed by atoms with Crippen LogP contribution in [0.1, 0.15) is 31.2 Å². The molecule has 0 radical (unpaired) electrons. The zero-order chi connectivity index (χ0) is 13.8. The molecule has 0 saturated carbocycles. The van der Waals surface area contributed by atoms with Gasteiger partial charge in [0.25, 0.3) is 0 Å². The monoisotopic (exact) mass is 264 g/mol. The first kappa shape index (κ1) is 13.5. The maximum absolute atomic E-state index is 13.2. The zero-order valence-corrected chi connectivity index (χ0v) is 11.0. The average Bonchev–Trinajstić information content (AvgIpc) is 2.83. The number of rotatable bonds is 5. The third-order valence-electron chi connectivity index (χ3n) is 2.94. The smallest absolute Gasteiger partial charge is 0.130 e. The molecule has 0 fully saturated rings. The summed E-state index contributed by atoms with van der Waals surface area (Å²) in [5.74, 6) is -0.0257. The van der Waals surface area contributed by atoms with Gasteiger partial charge in [0, 0.05) is 18.2 Å². The van der Waals surface area contributed by atoms with Crippen LogP contribution in [0.15, 0.2) is 30.7 Å². The molecule has 2 aromatic rings. The zero-order valence-electron chi connectivity index (χ0n) is 11.0. The minimum atomic E-state index is -0.702. The van der Waals surface area contributed by atoms with E-state index in [1.165, 1.54) is 18.2 Å². The molecular weight excluding hydrogens is 247 g/mol. The number of aliphatic hydroxyl groups excluding tert-OH is 1. The van der Waals surface area contributed by atoms with Crippen LogP contribution < -0.4 is 4.74 Å². The third kappa shape index (κ3) is 3.12. The number of aliphatic hydroxyl groups is 1. The lowest BCUT2D eigenvalue weighted by Gasteiger charge is -2.14. The van der Waals surface area contributed by atoms with Crippen LogP contribution in [0, 0.1) is 5.82 Å². The van der Waals surface area contributed by atoms with E-state index in [1.807, 2.05) is 11.5 Å². The quantitative estimate of drug-likeness (QED) is 0.903. The van der Waals surface area contributed by atoms with E-state index in [1.54, 1.807) is 19.4 Å². The highest BCUT2D eigenvalue weighted by Crippen LogP contribution is 2.26. The fourth-order valence-corrected chi connectivity index (χ4v) is 1.88. The van der Waals surface area contributed by atoms with Gasteiger partial charge in [0.05, 0.1) is 24.3 Å². The Morgan fingerprint density at radius 3 is 2.95 bits per heavy atom. The van der Waals surface area contributed by atoms with E-state index in [2.05, 4.69) is 4.98 Å². The Balaban J connectivity index is 2.17. The van der Waals surface area contributed by atoms with E-state index in [9.17, 15) is 9.50 Å². The van der Waals surface area contributed by atoms with Crippen molar-refractivity contribution in [1.82, 2.24) is 9.55 Å². The molecule has 2 rings (SSSR count). The number of hydrogen-bond donors (Lipinski definition) is 1. The number of aryl methyl sites for hydroxylation is 1. The highest BCUT2D eigenvalue weighted by molar-refractivity contribution is 5.35. The molecule has 0 aliphatic carbocycles. The van der Waals surface area contributed by atoms with Gasteiger partial charge in [-0.15, -0.1) is 0 Å². The molecule has 5 heteroatoms. The summed E-state index contributed by atoms with van der Waals surface area (Å²) in [7, 11) is 0. The first-order valence-corrected chi connectivity index (χ1v) is 6.21. The summed E-state index contributed by atoms with van der Waals surface area (Å²) in [6.45, 7) is 4.72. The SMILES string of the molecule is CCn1cncc1COc1cc(F)ccc1[C@H](C)O. The number of halogens is 1. The molecule has 1 atom stereocenters. The lowest BCUT2D eigenvalue weighted by Crippen LogP contribution is -2.06. The molecule has 0 bridgehead atoms. The predicted octanol–water partition coefficient (Wildman–Crippen LogP) is 2.67. The van der Waals surface area contributed by atoms with E-state index >= 15 is 0 Å². The molecule has 1 aromatic heterocycles. The van der Waals surface area contributed by atoms with E-state index in [0.29, 0.717) is 11.3 Å². The minimum absolute atomic E-state index is 0.289. The van der Waals surface area contributed by atoms with Crippen LogP contribution >= 0.6 is 0 Å². The molecule has 0 aliphatic rings. The average molecular weight is 264 g/mol. The van der Waals surface area contributed by atoms with Gasteiger partial charge < -0.3 is 14.4 Å². The van der Waals surface area contributed by atoms with E-state index in [4.69, 9.17) is 4.74 Å². The number of hydrogen-bond acceptors (Lipinski definition) is 3. The molecule has 0 spiro atoms. The van der Waals surface area contributed by atoms with Crippen LogP contribution in [-0.4, -0.2) is 14.7 Å². The van der Waals surface area contributed by atoms with Crippen LogP contribution in [0.4, 0.5) is 4.39 Å². The molecule has 0 unspecified atom stereocenters. The number of ether oxygens (including phenoxy) is 1. The van der Waals surface area contributed by atoms with Gasteiger partial charge in [-0.2, -0.15) is 0 Å². The predicted molar refractivity (Wildman–Crippen MR) is 69.3 cm³/mol. The Labute approximate surface area is 111 Å². The van der Waals surface area contributed by atoms with Crippen LogP contribution in [0.5, 0.6) is 5.75 Å². The fourth-order valence-electron chi connectivity index (χ4n) is 1.88. The van der Waals surface area contributed by atoms with Gasteiger partial charge in [0.1, 0.15) is 18.2 Å². The maximum atomic E-state index is 13.2. The molecule has 102 valence electrons. The second-order valence-corrected chi connectivity index (χ2v) is 4.32. The Morgan fingerprint density at radius 1 is 1.47 bits per heavy atom. The summed E-state index contributed by atoms with van der Waals surface area (Å²) in [5.41, 5.74) is 1.48. The lowest BCUT2D eigenvalue weighted by atomic mass is 10.1. The second kappa shape index (κ2) is 5.84. The van der Waals surface area contributed by atoms with Gasteiger partial charge in [0.15, 0.2) is 0 Å². The topological polar surface area (TPSA) is 47.3 Å². The summed E-state index contributed by atoms with van der Waals surface area (Å²) < 4.78 is 20.8. The number of benzene rings is 1. The summed E-state index contributed by atoms with van der Waals surface area (Å²) in [4.78, 5) is 4.04. The van der Waals surface area contributed by atoms with Crippen molar-refractivity contribution in [3.8, 4) is 5.75 Å². The standard InChI is InChI=1S/C14H17FN2O2/c1-3-17-9-16-7-12(17)8-19-14-6-11(15)4-5-13(14)10(2)18/h4-7,9-10,18H,3,8H2,1-2H3/t10-/m0/s1. The fraction of sp³-hybridized carbons (Fsp3) is 0.357. The van der Waals surface area contributed by atoms with E-state index in [0.717, 1.165) is 12.2 Å². The molecule has 0 aliphatic heterocycles. The van der Waals surface area contributed by atoms with Gasteiger partial charge in [-0.25, -0.2) is 9.37 Å². The highest BCUT2D eigenvalue weighted by Gasteiger charge is 2.11. The van der Waals surface area contributed by atoms with E-state index in [-0.39, 0.29) is 12.4 Å². The van der Waals surface area contributed by atoms with E-state index < -0.39 is 6.10 Å². The molecular formula is C14H17FN2O2. The van der Waals surface area contributed by atoms with Crippen molar-refractivity contribution >= 4 is 0 Å². The Hall–Kier alpha value is -1.88. The summed E-state index contributed by atoms with van der Waals surface area (Å²) in [6, 6.07) is 4.13. The number of aromatic nitrogens is 2. The van der Waals surface area contributed by atoms with Gasteiger partial charge in [-0.1, -0.05) is 0 Å². The molecule has 1 N–H and O–H groups in total. The lowest BCUT2D eigenvalue weighted by molar-refractivity contribution is 0.189. The minimum Gasteiger partial charge on any atom is -0.487 e. The molecule has 1 aromatic carbocycles. The van der Waals surface area contributed by atoms with Gasteiger partial charge in [-0.05, 0) is 26.0 Å². The van der Waals surface area contributed by atoms with Gasteiger partial charge in [0.2, 0.25) is 0 Å². The first-order chi connectivity index (χ1) is 9.11. The maximum Gasteiger partial charge on any atom is 0.130 e. The summed E-state index contributed by atoms with van der Waals surface area (Å²) in [5, 5.41) is 9.63.